The molecule has 6 nitrogen and oxygen atoms in total. The van der Waals surface area contributed by atoms with E-state index in [1.165, 1.54) is 6.07 Å². The molecule has 2 amide bonds. The van der Waals surface area contributed by atoms with Crippen LogP contribution in [0.3, 0.4) is 0 Å². The second kappa shape index (κ2) is 8.80. The number of hydrogen-bond acceptors (Lipinski definition) is 4. The molecule has 26 heavy (non-hydrogen) atoms. The fourth-order valence-electron chi connectivity index (χ4n) is 2.47. The fourth-order valence-corrected chi connectivity index (χ4v) is 2.47. The number of anilines is 1. The highest BCUT2D eigenvalue weighted by atomic mass is 16.3. The Hall–Kier alpha value is -3.15. The molecule has 0 aliphatic heterocycles. The number of phenolic OH excluding ortho intramolecular Hbond substituents is 1. The Labute approximate surface area is 152 Å². The Balaban J connectivity index is 1.96. The van der Waals surface area contributed by atoms with Gasteiger partial charge in [0.25, 0.3) is 5.91 Å². The Morgan fingerprint density at radius 1 is 1.12 bits per heavy atom. The molecule has 2 aromatic carbocycles. The molecule has 0 radical (unpaired) electrons. The Morgan fingerprint density at radius 3 is 2.58 bits per heavy atom. The number of hydrazone groups is 1. The molecule has 136 valence electrons. The predicted octanol–water partition coefficient (Wildman–Crippen LogP) is 3.40. The number of carbonyl (C=O) groups is 2. The van der Waals surface area contributed by atoms with Gasteiger partial charge in [0.1, 0.15) is 5.75 Å². The van der Waals surface area contributed by atoms with Crippen LogP contribution in [0.5, 0.6) is 5.75 Å². The quantitative estimate of drug-likeness (QED) is 0.549. The van der Waals surface area contributed by atoms with E-state index in [0.717, 1.165) is 17.7 Å². The van der Waals surface area contributed by atoms with Crippen LogP contribution in [0, 0.1) is 6.92 Å². The van der Waals surface area contributed by atoms with Gasteiger partial charge in [-0.15, -0.1) is 0 Å². The third-order valence-electron chi connectivity index (χ3n) is 3.92. The van der Waals surface area contributed by atoms with Gasteiger partial charge in [-0.2, -0.15) is 5.10 Å². The van der Waals surface area contributed by atoms with Gasteiger partial charge in [-0.25, -0.2) is 5.43 Å². The minimum atomic E-state index is -0.526. The van der Waals surface area contributed by atoms with Crippen molar-refractivity contribution in [1.82, 2.24) is 5.43 Å². The molecule has 0 spiro atoms. The highest BCUT2D eigenvalue weighted by molar-refractivity contribution is 6.06. The number of aryl methyl sites for hydroxylation is 2. The van der Waals surface area contributed by atoms with E-state index >= 15 is 0 Å². The fraction of sp³-hybridized carbons (Fsp3) is 0.250. The van der Waals surface area contributed by atoms with Crippen molar-refractivity contribution in [3.63, 3.8) is 0 Å². The summed E-state index contributed by atoms with van der Waals surface area (Å²) in [5.74, 6) is -0.811. The second-order valence-electron chi connectivity index (χ2n) is 5.99. The highest BCUT2D eigenvalue weighted by Gasteiger charge is 2.12. The van der Waals surface area contributed by atoms with Crippen LogP contribution >= 0.6 is 0 Å². The summed E-state index contributed by atoms with van der Waals surface area (Å²) in [5, 5.41) is 16.7. The monoisotopic (exact) mass is 353 g/mol. The van der Waals surface area contributed by atoms with Crippen molar-refractivity contribution < 1.29 is 14.7 Å². The van der Waals surface area contributed by atoms with E-state index in [1.54, 1.807) is 26.0 Å². The van der Waals surface area contributed by atoms with Gasteiger partial charge in [-0.1, -0.05) is 37.3 Å². The maximum absolute atomic E-state index is 12.2. The summed E-state index contributed by atoms with van der Waals surface area (Å²) in [7, 11) is 0. The van der Waals surface area contributed by atoms with Gasteiger partial charge in [-0.05, 0) is 43.5 Å². The number of nitrogens with one attached hydrogen (secondary N) is 2. The van der Waals surface area contributed by atoms with Crippen molar-refractivity contribution in [3.05, 3.63) is 59.2 Å². The van der Waals surface area contributed by atoms with E-state index in [1.807, 2.05) is 31.2 Å². The smallest absolute Gasteiger partial charge is 0.275 e. The number of phenols is 1. The first-order chi connectivity index (χ1) is 12.4. The first-order valence-electron chi connectivity index (χ1n) is 8.42. The SMILES string of the molecule is CCc1ccccc1NC(=O)C/C(C)=N\NC(=O)c1cccc(C)c1O. The number of para-hydroxylation sites is 2. The maximum Gasteiger partial charge on any atom is 0.275 e. The lowest BCUT2D eigenvalue weighted by atomic mass is 10.1. The summed E-state index contributed by atoms with van der Waals surface area (Å²) in [6.07, 6.45) is 0.873. The molecule has 2 rings (SSSR count). The standard InChI is InChI=1S/C20H23N3O3/c1-4-15-9-5-6-11-17(15)21-18(24)12-14(3)22-23-20(26)16-10-7-8-13(2)19(16)25/h5-11,25H,4,12H2,1-3H3,(H,21,24)(H,23,26)/b22-14-. The van der Waals surface area contributed by atoms with Crippen LogP contribution < -0.4 is 10.7 Å². The van der Waals surface area contributed by atoms with Crippen molar-refractivity contribution in [1.29, 1.82) is 0 Å². The summed E-state index contributed by atoms with van der Waals surface area (Å²) >= 11 is 0. The number of rotatable bonds is 6. The molecule has 0 bridgehead atoms. The van der Waals surface area contributed by atoms with Crippen LogP contribution in [0.2, 0.25) is 0 Å². The van der Waals surface area contributed by atoms with Crippen LogP contribution in [0.4, 0.5) is 5.69 Å². The summed E-state index contributed by atoms with van der Waals surface area (Å²) in [4.78, 5) is 24.3. The van der Waals surface area contributed by atoms with Gasteiger partial charge in [0.15, 0.2) is 0 Å². The number of nitrogens with zero attached hydrogens (tertiary/aromatic N) is 1. The first kappa shape index (κ1) is 19.2. The molecule has 2 aromatic rings. The minimum absolute atomic E-state index is 0.0537. The van der Waals surface area contributed by atoms with Crippen LogP contribution in [0.1, 0.15) is 41.8 Å². The Morgan fingerprint density at radius 2 is 1.85 bits per heavy atom. The van der Waals surface area contributed by atoms with Crippen molar-refractivity contribution in [2.75, 3.05) is 5.32 Å². The third kappa shape index (κ3) is 4.92. The zero-order valence-corrected chi connectivity index (χ0v) is 15.2. The zero-order chi connectivity index (χ0) is 19.1. The molecule has 6 heteroatoms. The molecular formula is C20H23N3O3. The van der Waals surface area contributed by atoms with Gasteiger partial charge in [0.05, 0.1) is 12.0 Å². The highest BCUT2D eigenvalue weighted by Crippen LogP contribution is 2.21. The summed E-state index contributed by atoms with van der Waals surface area (Å²) in [6, 6.07) is 12.5. The molecule has 0 aromatic heterocycles. The van der Waals surface area contributed by atoms with Crippen LogP contribution in [-0.2, 0) is 11.2 Å². The number of hydrogen-bond donors (Lipinski definition) is 3. The number of carbonyl (C=O) groups excluding carboxylic acids is 2. The molecule has 3 N–H and O–H groups in total. The molecule has 0 fully saturated rings. The average Bonchev–Trinajstić information content (AvgIpc) is 2.62. The largest absolute Gasteiger partial charge is 0.507 e. The molecule has 0 saturated carbocycles. The van der Waals surface area contributed by atoms with Crippen LogP contribution in [-0.4, -0.2) is 22.6 Å². The predicted molar refractivity (Wildman–Crippen MR) is 102 cm³/mol. The van der Waals surface area contributed by atoms with Crippen LogP contribution in [0.25, 0.3) is 0 Å². The first-order valence-corrected chi connectivity index (χ1v) is 8.42. The zero-order valence-electron chi connectivity index (χ0n) is 15.2. The average molecular weight is 353 g/mol. The Kier molecular flexibility index (Phi) is 6.49. The summed E-state index contributed by atoms with van der Waals surface area (Å²) in [6.45, 7) is 5.38. The van der Waals surface area contributed by atoms with Gasteiger partial charge >= 0.3 is 0 Å². The molecule has 0 atom stereocenters. The third-order valence-corrected chi connectivity index (χ3v) is 3.92. The van der Waals surface area contributed by atoms with Crippen molar-refractivity contribution >= 4 is 23.2 Å². The van der Waals surface area contributed by atoms with Crippen molar-refractivity contribution in [2.45, 2.75) is 33.6 Å². The van der Waals surface area contributed by atoms with Gasteiger partial charge < -0.3 is 10.4 Å². The van der Waals surface area contributed by atoms with E-state index in [-0.39, 0.29) is 23.6 Å². The summed E-state index contributed by atoms with van der Waals surface area (Å²) < 4.78 is 0. The number of benzene rings is 2. The van der Waals surface area contributed by atoms with Crippen LogP contribution in [0.15, 0.2) is 47.6 Å². The molecule has 0 heterocycles. The van der Waals surface area contributed by atoms with E-state index in [2.05, 4.69) is 15.8 Å². The van der Waals surface area contributed by atoms with E-state index in [4.69, 9.17) is 0 Å². The normalized spacial score (nSPS) is 11.1. The topological polar surface area (TPSA) is 90.8 Å². The molecular weight excluding hydrogens is 330 g/mol. The Bertz CT molecular complexity index is 844. The van der Waals surface area contributed by atoms with Gasteiger partial charge in [0.2, 0.25) is 5.91 Å². The van der Waals surface area contributed by atoms with Crippen molar-refractivity contribution in [3.8, 4) is 5.75 Å². The lowest BCUT2D eigenvalue weighted by Crippen LogP contribution is -2.22. The van der Waals surface area contributed by atoms with E-state index < -0.39 is 5.91 Å². The van der Waals surface area contributed by atoms with Gasteiger partial charge in [0, 0.05) is 11.4 Å². The lowest BCUT2D eigenvalue weighted by Gasteiger charge is -2.10. The molecule has 0 saturated heterocycles. The number of aromatic hydroxyl groups is 1. The second-order valence-corrected chi connectivity index (χ2v) is 5.99. The van der Waals surface area contributed by atoms with Crippen molar-refractivity contribution in [2.24, 2.45) is 5.10 Å². The molecule has 0 aliphatic rings. The van der Waals surface area contributed by atoms with E-state index in [0.29, 0.717) is 11.3 Å². The minimum Gasteiger partial charge on any atom is -0.507 e. The van der Waals surface area contributed by atoms with E-state index in [9.17, 15) is 14.7 Å². The molecule has 0 unspecified atom stereocenters. The lowest BCUT2D eigenvalue weighted by molar-refractivity contribution is -0.115. The summed E-state index contributed by atoms with van der Waals surface area (Å²) in [5.41, 5.74) is 5.40. The number of amides is 2. The maximum atomic E-state index is 12.2. The molecule has 0 aliphatic carbocycles. The van der Waals surface area contributed by atoms with Gasteiger partial charge in [-0.3, -0.25) is 9.59 Å².